The molecule has 0 spiro atoms. The quantitative estimate of drug-likeness (QED) is 0.383. The van der Waals surface area contributed by atoms with Gasteiger partial charge in [0, 0.05) is 22.8 Å². The molecule has 12 heteroatoms. The van der Waals surface area contributed by atoms with E-state index < -0.39 is 10.0 Å². The van der Waals surface area contributed by atoms with E-state index in [-0.39, 0.29) is 16.8 Å². The molecule has 4 rings (SSSR count). The number of sulfonamides is 1. The highest BCUT2D eigenvalue weighted by Crippen LogP contribution is 2.38. The minimum Gasteiger partial charge on any atom is -0.339 e. The number of anilines is 5. The van der Waals surface area contributed by atoms with Crippen LogP contribution in [0.4, 0.5) is 28.8 Å². The fraction of sp³-hybridized carbons (Fsp3) is 0.261. The van der Waals surface area contributed by atoms with Crippen LogP contribution in [0.3, 0.4) is 0 Å². The van der Waals surface area contributed by atoms with Crippen LogP contribution in [0.1, 0.15) is 18.9 Å². The number of amides is 1. The molecule has 0 radical (unpaired) electrons. The van der Waals surface area contributed by atoms with Crippen LogP contribution in [-0.4, -0.2) is 43.6 Å². The van der Waals surface area contributed by atoms with Crippen LogP contribution >= 0.6 is 23.4 Å². The number of halogens is 1. The summed E-state index contributed by atoms with van der Waals surface area (Å²) in [6.07, 6.45) is 2.32. The lowest BCUT2D eigenvalue weighted by molar-refractivity contribution is -0.116. The van der Waals surface area contributed by atoms with E-state index in [2.05, 4.69) is 25.3 Å². The predicted molar refractivity (Wildman–Crippen MR) is 141 cm³/mol. The van der Waals surface area contributed by atoms with Crippen molar-refractivity contribution in [3.63, 3.8) is 0 Å². The number of fused-ring (bicyclic) bond motifs is 1. The lowest BCUT2D eigenvalue weighted by Crippen LogP contribution is -2.35. The Morgan fingerprint density at radius 3 is 2.63 bits per heavy atom. The molecule has 0 bridgehead atoms. The fourth-order valence-corrected chi connectivity index (χ4v) is 5.66. The van der Waals surface area contributed by atoms with Crippen molar-refractivity contribution in [2.45, 2.75) is 30.1 Å². The van der Waals surface area contributed by atoms with Gasteiger partial charge in [-0.15, -0.1) is 11.8 Å². The van der Waals surface area contributed by atoms with E-state index in [1.165, 1.54) is 31.1 Å². The molecule has 2 aromatic carbocycles. The molecular formula is C23H25ClN6O3S2. The first-order chi connectivity index (χ1) is 16.7. The van der Waals surface area contributed by atoms with Gasteiger partial charge in [0.15, 0.2) is 5.82 Å². The zero-order valence-corrected chi connectivity index (χ0v) is 21.8. The van der Waals surface area contributed by atoms with Gasteiger partial charge < -0.3 is 15.5 Å². The Hall–Kier alpha value is -2.86. The third-order valence-corrected chi connectivity index (χ3v) is 8.24. The van der Waals surface area contributed by atoms with E-state index in [0.29, 0.717) is 34.4 Å². The van der Waals surface area contributed by atoms with E-state index in [1.807, 2.05) is 25.1 Å². The van der Waals surface area contributed by atoms with E-state index >= 15 is 0 Å². The van der Waals surface area contributed by atoms with Crippen LogP contribution in [0, 0.1) is 6.92 Å². The Morgan fingerprint density at radius 1 is 1.14 bits per heavy atom. The Morgan fingerprint density at radius 2 is 1.89 bits per heavy atom. The summed E-state index contributed by atoms with van der Waals surface area (Å²) in [6.45, 7) is 4.41. The zero-order chi connectivity index (χ0) is 25.2. The molecule has 0 saturated heterocycles. The predicted octanol–water partition coefficient (Wildman–Crippen LogP) is 4.68. The molecule has 9 nitrogen and oxygen atoms in total. The number of carbonyl (C=O) groups excluding carboxylic acids is 1. The Labute approximate surface area is 213 Å². The van der Waals surface area contributed by atoms with Crippen molar-refractivity contribution in [3.8, 4) is 0 Å². The molecule has 0 unspecified atom stereocenters. The maximum atomic E-state index is 12.4. The number of aryl methyl sites for hydroxylation is 1. The summed E-state index contributed by atoms with van der Waals surface area (Å²) >= 11 is 7.87. The van der Waals surface area contributed by atoms with Gasteiger partial charge in [-0.05, 0) is 56.3 Å². The largest absolute Gasteiger partial charge is 0.339 e. The Bertz CT molecular complexity index is 1380. The van der Waals surface area contributed by atoms with E-state index in [4.69, 9.17) is 11.6 Å². The number of nitrogens with zero attached hydrogens (tertiary/aromatic N) is 3. The molecule has 1 aliphatic heterocycles. The molecule has 1 aromatic heterocycles. The van der Waals surface area contributed by atoms with Crippen LogP contribution in [0.25, 0.3) is 0 Å². The third-order valence-electron chi connectivity index (χ3n) is 5.36. The van der Waals surface area contributed by atoms with Gasteiger partial charge in [-0.3, -0.25) is 4.79 Å². The van der Waals surface area contributed by atoms with Crippen molar-refractivity contribution in [3.05, 3.63) is 53.2 Å². The summed E-state index contributed by atoms with van der Waals surface area (Å²) in [6, 6.07) is 10.8. The molecule has 0 fully saturated rings. The lowest BCUT2D eigenvalue weighted by Gasteiger charge is -2.29. The van der Waals surface area contributed by atoms with Gasteiger partial charge >= 0.3 is 0 Å². The molecule has 0 aliphatic carbocycles. The van der Waals surface area contributed by atoms with Crippen LogP contribution in [0.15, 0.2) is 52.4 Å². The summed E-state index contributed by atoms with van der Waals surface area (Å²) in [4.78, 5) is 24.1. The van der Waals surface area contributed by atoms with Crippen LogP contribution in [0.2, 0.25) is 5.02 Å². The summed E-state index contributed by atoms with van der Waals surface area (Å²) in [5, 5.41) is 6.55. The first kappa shape index (κ1) is 25.2. The molecule has 2 heterocycles. The first-order valence-corrected chi connectivity index (χ1v) is 13.7. The number of thioether (sulfide) groups is 1. The fourth-order valence-electron chi connectivity index (χ4n) is 3.61. The van der Waals surface area contributed by atoms with Gasteiger partial charge in [-0.1, -0.05) is 24.6 Å². The summed E-state index contributed by atoms with van der Waals surface area (Å²) < 4.78 is 26.9. The van der Waals surface area contributed by atoms with Gasteiger partial charge in [0.1, 0.15) is 5.02 Å². The normalized spacial score (nSPS) is 13.5. The molecule has 1 aliphatic rings. The number of hydrogen-bond donors (Lipinski definition) is 3. The highest BCUT2D eigenvalue weighted by Gasteiger charge is 2.24. The van der Waals surface area contributed by atoms with Gasteiger partial charge in [-0.2, -0.15) is 4.98 Å². The molecule has 3 aromatic rings. The molecule has 0 saturated carbocycles. The number of carbonyl (C=O) groups is 1. The summed E-state index contributed by atoms with van der Waals surface area (Å²) in [5.74, 6) is 1.13. The number of hydrogen-bond acceptors (Lipinski definition) is 8. The maximum Gasteiger partial charge on any atom is 0.240 e. The number of benzene rings is 2. The zero-order valence-electron chi connectivity index (χ0n) is 19.4. The van der Waals surface area contributed by atoms with Crippen molar-refractivity contribution in [1.82, 2.24) is 14.7 Å². The van der Waals surface area contributed by atoms with E-state index in [1.54, 1.807) is 24.0 Å². The Kier molecular flexibility index (Phi) is 7.50. The second kappa shape index (κ2) is 10.4. The average molecular weight is 533 g/mol. The second-order valence-electron chi connectivity index (χ2n) is 7.84. The topological polar surface area (TPSA) is 116 Å². The number of rotatable bonds is 8. The van der Waals surface area contributed by atoms with Gasteiger partial charge in [0.05, 0.1) is 22.5 Å². The smallest absolute Gasteiger partial charge is 0.240 e. The standard InChI is InChI=1S/C23H25ClN6O3S2/c1-4-9-30-18-10-15(7-8-19(18)34-13-21(30)31)27-22-17(24)12-26-23(29-22)28-16-6-5-14(2)20(11-16)35(32,33)25-3/h5-8,10-12,25H,4,9,13H2,1-3H3,(H2,26,27,28,29). The lowest BCUT2D eigenvalue weighted by atomic mass is 10.2. The maximum absolute atomic E-state index is 12.4. The van der Waals surface area contributed by atoms with Crippen LogP contribution in [0.5, 0.6) is 0 Å². The highest BCUT2D eigenvalue weighted by atomic mass is 35.5. The molecule has 3 N–H and O–H groups in total. The van der Waals surface area contributed by atoms with Crippen molar-refractivity contribution in [2.24, 2.45) is 0 Å². The molecule has 184 valence electrons. The molecule has 0 atom stereocenters. The SMILES string of the molecule is CCCN1C(=O)CSc2ccc(Nc3nc(Nc4ccc(C)c(S(=O)(=O)NC)c4)ncc3Cl)cc21. The first-order valence-electron chi connectivity index (χ1n) is 10.9. The van der Waals surface area contributed by atoms with Crippen molar-refractivity contribution >= 4 is 68.1 Å². The summed E-state index contributed by atoms with van der Waals surface area (Å²) in [5.41, 5.74) is 2.71. The van der Waals surface area contributed by atoms with Crippen molar-refractivity contribution in [2.75, 3.05) is 34.9 Å². The van der Waals surface area contributed by atoms with Gasteiger partial charge in [-0.25, -0.2) is 18.1 Å². The number of aromatic nitrogens is 2. The minimum atomic E-state index is -3.61. The summed E-state index contributed by atoms with van der Waals surface area (Å²) in [7, 11) is -2.25. The second-order valence-corrected chi connectivity index (χ2v) is 11.1. The highest BCUT2D eigenvalue weighted by molar-refractivity contribution is 8.00. The molecule has 1 amide bonds. The van der Waals surface area contributed by atoms with Gasteiger partial charge in [0.25, 0.3) is 0 Å². The van der Waals surface area contributed by atoms with Crippen molar-refractivity contribution < 1.29 is 13.2 Å². The van der Waals surface area contributed by atoms with E-state index in [0.717, 1.165) is 22.7 Å². The third kappa shape index (κ3) is 5.53. The Balaban J connectivity index is 1.60. The van der Waals surface area contributed by atoms with Crippen LogP contribution in [-0.2, 0) is 14.8 Å². The van der Waals surface area contributed by atoms with Crippen molar-refractivity contribution in [1.29, 1.82) is 0 Å². The van der Waals surface area contributed by atoms with E-state index in [9.17, 15) is 13.2 Å². The monoisotopic (exact) mass is 532 g/mol. The number of nitrogens with one attached hydrogen (secondary N) is 3. The molecular weight excluding hydrogens is 508 g/mol. The molecule has 35 heavy (non-hydrogen) atoms. The minimum absolute atomic E-state index is 0.0887. The average Bonchev–Trinajstić information content (AvgIpc) is 2.84. The van der Waals surface area contributed by atoms with Gasteiger partial charge in [0.2, 0.25) is 21.9 Å². The van der Waals surface area contributed by atoms with Crippen LogP contribution < -0.4 is 20.3 Å².